The van der Waals surface area contributed by atoms with Gasteiger partial charge in [0.2, 0.25) is 0 Å². The van der Waals surface area contributed by atoms with Crippen LogP contribution >= 0.6 is 0 Å². The van der Waals surface area contributed by atoms with Crippen LogP contribution in [0.4, 0.5) is 11.6 Å². The van der Waals surface area contributed by atoms with E-state index < -0.39 is 11.5 Å². The van der Waals surface area contributed by atoms with Crippen LogP contribution in [-0.2, 0) is 0 Å². The van der Waals surface area contributed by atoms with E-state index >= 15 is 0 Å². The fraction of sp³-hybridized carbons (Fsp3) is 0.667. The Morgan fingerprint density at radius 2 is 1.92 bits per heavy atom. The maximum absolute atomic E-state index is 11.7. The van der Waals surface area contributed by atoms with Gasteiger partial charge in [0.15, 0.2) is 0 Å². The first-order chi connectivity index (χ1) is 11.2. The number of pyridine rings is 1. The standard InChI is InChI=1S/C18H30N4O2/c1-11(2)20-15-10-9-14(16(19)23)17(22-15)21-13-7-5-12(6-8-13)18(3,4)24/h9-13,24H,5-8H2,1-4H3,(H2,19,23)(H2,20,21,22)/t12-,13+. The van der Waals surface area contributed by atoms with Crippen molar-refractivity contribution < 1.29 is 9.90 Å². The second-order valence-electron chi connectivity index (χ2n) is 7.60. The summed E-state index contributed by atoms with van der Waals surface area (Å²) in [5, 5.41) is 16.8. The summed E-state index contributed by atoms with van der Waals surface area (Å²) in [6, 6.07) is 3.98. The van der Waals surface area contributed by atoms with Gasteiger partial charge in [0.1, 0.15) is 11.6 Å². The topological polar surface area (TPSA) is 100 Å². The Morgan fingerprint density at radius 3 is 2.42 bits per heavy atom. The number of carbonyl (C=O) groups excluding carboxylic acids is 1. The molecule has 0 atom stereocenters. The Balaban J connectivity index is 2.09. The second-order valence-corrected chi connectivity index (χ2v) is 7.60. The zero-order valence-corrected chi connectivity index (χ0v) is 15.1. The Labute approximate surface area is 144 Å². The summed E-state index contributed by atoms with van der Waals surface area (Å²) in [7, 11) is 0. The van der Waals surface area contributed by atoms with Crippen molar-refractivity contribution in [2.45, 2.75) is 71.1 Å². The summed E-state index contributed by atoms with van der Waals surface area (Å²) >= 11 is 0. The number of rotatable bonds is 6. The molecule has 0 spiro atoms. The molecule has 1 aromatic heterocycles. The van der Waals surface area contributed by atoms with E-state index in [0.717, 1.165) is 31.5 Å². The van der Waals surface area contributed by atoms with E-state index in [2.05, 4.69) is 15.6 Å². The zero-order valence-electron chi connectivity index (χ0n) is 15.1. The Hall–Kier alpha value is -1.82. The first-order valence-corrected chi connectivity index (χ1v) is 8.73. The lowest BCUT2D eigenvalue weighted by molar-refractivity contribution is -0.000401. The van der Waals surface area contributed by atoms with Crippen molar-refractivity contribution in [2.24, 2.45) is 11.7 Å². The molecule has 1 aliphatic carbocycles. The van der Waals surface area contributed by atoms with Crippen molar-refractivity contribution in [1.29, 1.82) is 0 Å². The Kier molecular flexibility index (Phi) is 5.70. The molecule has 6 nitrogen and oxygen atoms in total. The molecule has 1 fully saturated rings. The fourth-order valence-corrected chi connectivity index (χ4v) is 3.28. The molecule has 0 aromatic carbocycles. The first kappa shape index (κ1) is 18.5. The van der Waals surface area contributed by atoms with E-state index in [1.54, 1.807) is 12.1 Å². The second kappa shape index (κ2) is 7.38. The molecule has 0 bridgehead atoms. The molecule has 1 amide bonds. The van der Waals surface area contributed by atoms with Gasteiger partial charge in [-0.25, -0.2) is 4.98 Å². The molecule has 5 N–H and O–H groups in total. The average molecular weight is 334 g/mol. The Bertz CT molecular complexity index is 573. The van der Waals surface area contributed by atoms with Gasteiger partial charge in [-0.15, -0.1) is 0 Å². The predicted octanol–water partition coefficient (Wildman–Crippen LogP) is 2.74. The third kappa shape index (κ3) is 4.84. The van der Waals surface area contributed by atoms with E-state index in [-0.39, 0.29) is 12.1 Å². The van der Waals surface area contributed by atoms with Crippen molar-refractivity contribution in [3.8, 4) is 0 Å². The van der Waals surface area contributed by atoms with Gasteiger partial charge >= 0.3 is 0 Å². The summed E-state index contributed by atoms with van der Waals surface area (Å²) in [6.45, 7) is 7.82. The van der Waals surface area contributed by atoms with Crippen molar-refractivity contribution >= 4 is 17.5 Å². The number of amides is 1. The zero-order chi connectivity index (χ0) is 17.9. The number of carbonyl (C=O) groups is 1. The van der Waals surface area contributed by atoms with Gasteiger partial charge < -0.3 is 21.5 Å². The number of nitrogens with zero attached hydrogens (tertiary/aromatic N) is 1. The molecule has 0 saturated heterocycles. The van der Waals surface area contributed by atoms with E-state index in [4.69, 9.17) is 5.73 Å². The Morgan fingerprint density at radius 1 is 1.29 bits per heavy atom. The van der Waals surface area contributed by atoms with Gasteiger partial charge in [-0.1, -0.05) is 0 Å². The van der Waals surface area contributed by atoms with Crippen LogP contribution in [0.5, 0.6) is 0 Å². The summed E-state index contributed by atoms with van der Waals surface area (Å²) in [5.74, 6) is 1.10. The molecule has 1 aliphatic rings. The number of hydrogen-bond donors (Lipinski definition) is 4. The minimum Gasteiger partial charge on any atom is -0.390 e. The summed E-state index contributed by atoms with van der Waals surface area (Å²) in [5.41, 5.74) is 5.25. The van der Waals surface area contributed by atoms with Gasteiger partial charge in [-0.2, -0.15) is 0 Å². The minimum absolute atomic E-state index is 0.239. The van der Waals surface area contributed by atoms with E-state index in [0.29, 0.717) is 17.3 Å². The lowest BCUT2D eigenvalue weighted by atomic mass is 9.77. The monoisotopic (exact) mass is 334 g/mol. The average Bonchev–Trinajstić information content (AvgIpc) is 2.46. The molecule has 0 unspecified atom stereocenters. The fourth-order valence-electron chi connectivity index (χ4n) is 3.28. The van der Waals surface area contributed by atoms with Crippen LogP contribution < -0.4 is 16.4 Å². The highest BCUT2D eigenvalue weighted by Gasteiger charge is 2.31. The molecule has 1 aromatic rings. The summed E-state index contributed by atoms with van der Waals surface area (Å²) in [6.07, 6.45) is 3.79. The molecule has 1 heterocycles. The largest absolute Gasteiger partial charge is 0.390 e. The highest BCUT2D eigenvalue weighted by atomic mass is 16.3. The third-order valence-electron chi connectivity index (χ3n) is 4.66. The number of primary amides is 1. The summed E-state index contributed by atoms with van der Waals surface area (Å²) in [4.78, 5) is 16.2. The van der Waals surface area contributed by atoms with Crippen LogP contribution in [0.3, 0.4) is 0 Å². The van der Waals surface area contributed by atoms with Crippen LogP contribution in [0.2, 0.25) is 0 Å². The predicted molar refractivity (Wildman–Crippen MR) is 97.2 cm³/mol. The van der Waals surface area contributed by atoms with Crippen LogP contribution in [0.1, 0.15) is 63.7 Å². The van der Waals surface area contributed by atoms with Crippen LogP contribution in [-0.4, -0.2) is 33.7 Å². The molecule has 2 rings (SSSR count). The lowest BCUT2D eigenvalue weighted by Crippen LogP contribution is -2.37. The molecule has 134 valence electrons. The van der Waals surface area contributed by atoms with Crippen LogP contribution in [0, 0.1) is 5.92 Å². The molecule has 6 heteroatoms. The number of anilines is 2. The molecule has 0 radical (unpaired) electrons. The van der Waals surface area contributed by atoms with Crippen molar-refractivity contribution in [1.82, 2.24) is 4.98 Å². The van der Waals surface area contributed by atoms with Crippen LogP contribution in [0.25, 0.3) is 0 Å². The maximum Gasteiger partial charge on any atom is 0.252 e. The highest BCUT2D eigenvalue weighted by Crippen LogP contribution is 2.33. The number of nitrogens with two attached hydrogens (primary N) is 1. The first-order valence-electron chi connectivity index (χ1n) is 8.73. The van der Waals surface area contributed by atoms with E-state index in [1.165, 1.54) is 0 Å². The highest BCUT2D eigenvalue weighted by molar-refractivity contribution is 5.97. The maximum atomic E-state index is 11.7. The van der Waals surface area contributed by atoms with Crippen LogP contribution in [0.15, 0.2) is 12.1 Å². The van der Waals surface area contributed by atoms with E-state index in [1.807, 2.05) is 27.7 Å². The van der Waals surface area contributed by atoms with Crippen molar-refractivity contribution in [2.75, 3.05) is 10.6 Å². The third-order valence-corrected chi connectivity index (χ3v) is 4.66. The number of nitrogens with one attached hydrogen (secondary N) is 2. The van der Waals surface area contributed by atoms with Crippen molar-refractivity contribution in [3.05, 3.63) is 17.7 Å². The minimum atomic E-state index is -0.636. The quantitative estimate of drug-likeness (QED) is 0.641. The number of hydrogen-bond acceptors (Lipinski definition) is 5. The van der Waals surface area contributed by atoms with Gasteiger partial charge in [-0.05, 0) is 71.4 Å². The van der Waals surface area contributed by atoms with Gasteiger partial charge in [0.05, 0.1) is 11.2 Å². The van der Waals surface area contributed by atoms with Gasteiger partial charge in [-0.3, -0.25) is 4.79 Å². The smallest absolute Gasteiger partial charge is 0.252 e. The van der Waals surface area contributed by atoms with E-state index in [9.17, 15) is 9.90 Å². The molecule has 24 heavy (non-hydrogen) atoms. The summed E-state index contributed by atoms with van der Waals surface area (Å²) < 4.78 is 0. The normalized spacial score (nSPS) is 21.6. The lowest BCUT2D eigenvalue weighted by Gasteiger charge is -2.36. The number of aliphatic hydroxyl groups is 1. The molecular formula is C18H30N4O2. The SMILES string of the molecule is CC(C)Nc1ccc(C(N)=O)c(N[C@H]2CC[C@@H](C(C)(C)O)CC2)n1. The molecule has 1 saturated carbocycles. The van der Waals surface area contributed by atoms with Gasteiger partial charge in [0.25, 0.3) is 5.91 Å². The molecular weight excluding hydrogens is 304 g/mol. The number of aromatic nitrogens is 1. The molecule has 0 aliphatic heterocycles. The van der Waals surface area contributed by atoms with Crippen molar-refractivity contribution in [3.63, 3.8) is 0 Å². The van der Waals surface area contributed by atoms with Gasteiger partial charge in [0, 0.05) is 12.1 Å².